The third-order valence-corrected chi connectivity index (χ3v) is 4.57. The van der Waals surface area contributed by atoms with Crippen LogP contribution >= 0.6 is 11.3 Å². The molecule has 1 aromatic heterocycles. The van der Waals surface area contributed by atoms with Crippen LogP contribution in [0.4, 0.5) is 0 Å². The van der Waals surface area contributed by atoms with E-state index in [0.717, 1.165) is 27.1 Å². The fourth-order valence-electron chi connectivity index (χ4n) is 2.11. The number of para-hydroxylation sites is 2. The lowest BCUT2D eigenvalue weighted by Gasteiger charge is -2.15. The zero-order chi connectivity index (χ0) is 15.5. The summed E-state index contributed by atoms with van der Waals surface area (Å²) in [4.78, 5) is 5.41. The molecule has 0 saturated carbocycles. The Kier molecular flexibility index (Phi) is 4.85. The van der Waals surface area contributed by atoms with Gasteiger partial charge in [-0.2, -0.15) is 0 Å². The van der Waals surface area contributed by atoms with Crippen molar-refractivity contribution in [1.29, 1.82) is 0 Å². The Balaban J connectivity index is 1.98. The van der Waals surface area contributed by atoms with E-state index in [2.05, 4.69) is 4.98 Å². The number of aryl methyl sites for hydroxylation is 1. The van der Waals surface area contributed by atoms with Gasteiger partial charge in [0.1, 0.15) is 0 Å². The highest BCUT2D eigenvalue weighted by Crippen LogP contribution is 2.30. The lowest BCUT2D eigenvalue weighted by atomic mass is 10.1. The molecule has 0 atom stereocenters. The molecule has 0 unspecified atom stereocenters. The van der Waals surface area contributed by atoms with Crippen LogP contribution in [0.25, 0.3) is 0 Å². The van der Waals surface area contributed by atoms with E-state index >= 15 is 0 Å². The fourth-order valence-corrected chi connectivity index (χ4v) is 3.16. The molecule has 5 heteroatoms. The Morgan fingerprint density at radius 2 is 1.90 bits per heavy atom. The molecule has 2 rings (SSSR count). The van der Waals surface area contributed by atoms with Crippen LogP contribution in [0.15, 0.2) is 24.3 Å². The quantitative estimate of drug-likeness (QED) is 0.889. The number of hydrogen-bond donors (Lipinski definition) is 1. The third kappa shape index (κ3) is 3.95. The molecule has 0 spiro atoms. The van der Waals surface area contributed by atoms with Crippen molar-refractivity contribution in [2.24, 2.45) is 0 Å². The largest absolute Gasteiger partial charge is 0.493 e. The van der Waals surface area contributed by atoms with E-state index in [1.807, 2.05) is 31.2 Å². The normalized spacial score (nSPS) is 11.5. The van der Waals surface area contributed by atoms with Crippen LogP contribution in [-0.2, 0) is 12.0 Å². The molecule has 4 nitrogen and oxygen atoms in total. The molecule has 0 amide bonds. The average Bonchev–Trinajstić information content (AvgIpc) is 2.80. The lowest BCUT2D eigenvalue weighted by molar-refractivity contribution is 0.0817. The Labute approximate surface area is 129 Å². The summed E-state index contributed by atoms with van der Waals surface area (Å²) in [7, 11) is 1.63. The van der Waals surface area contributed by atoms with E-state index in [1.54, 1.807) is 21.0 Å². The third-order valence-electron chi connectivity index (χ3n) is 3.04. The van der Waals surface area contributed by atoms with Crippen molar-refractivity contribution in [3.05, 3.63) is 39.8 Å². The van der Waals surface area contributed by atoms with Gasteiger partial charge in [-0.1, -0.05) is 12.1 Å². The van der Waals surface area contributed by atoms with Crippen molar-refractivity contribution in [3.63, 3.8) is 0 Å². The first-order valence-electron chi connectivity index (χ1n) is 6.87. The molecule has 0 radical (unpaired) electrons. The summed E-state index contributed by atoms with van der Waals surface area (Å²) in [5.41, 5.74) is 0.0450. The van der Waals surface area contributed by atoms with Gasteiger partial charge in [0, 0.05) is 6.42 Å². The van der Waals surface area contributed by atoms with Gasteiger partial charge in [-0.15, -0.1) is 11.3 Å². The van der Waals surface area contributed by atoms with Crippen molar-refractivity contribution in [3.8, 4) is 11.5 Å². The van der Waals surface area contributed by atoms with Crippen molar-refractivity contribution in [1.82, 2.24) is 4.98 Å². The number of thiazole rings is 1. The smallest absolute Gasteiger partial charge is 0.161 e. The van der Waals surface area contributed by atoms with Crippen LogP contribution < -0.4 is 9.47 Å². The Bertz CT molecular complexity index is 602. The van der Waals surface area contributed by atoms with Gasteiger partial charge >= 0.3 is 0 Å². The molecule has 0 bridgehead atoms. The molecule has 2 aromatic rings. The summed E-state index contributed by atoms with van der Waals surface area (Å²) in [5.74, 6) is 1.46. The lowest BCUT2D eigenvalue weighted by Crippen LogP contribution is -2.14. The topological polar surface area (TPSA) is 51.6 Å². The molecular formula is C16H21NO3S. The number of methoxy groups -OCH3 is 1. The highest BCUT2D eigenvalue weighted by molar-refractivity contribution is 7.11. The van der Waals surface area contributed by atoms with Gasteiger partial charge < -0.3 is 14.6 Å². The second kappa shape index (κ2) is 6.45. The Hall–Kier alpha value is -1.59. The number of hydrogen-bond acceptors (Lipinski definition) is 5. The van der Waals surface area contributed by atoms with E-state index in [1.165, 1.54) is 11.3 Å². The van der Waals surface area contributed by atoms with Crippen LogP contribution in [0.1, 0.15) is 29.4 Å². The zero-order valence-electron chi connectivity index (χ0n) is 12.8. The van der Waals surface area contributed by atoms with Crippen LogP contribution in [-0.4, -0.2) is 23.8 Å². The molecule has 0 aliphatic carbocycles. The second-order valence-corrected chi connectivity index (χ2v) is 6.41. The van der Waals surface area contributed by atoms with E-state index < -0.39 is 5.60 Å². The van der Waals surface area contributed by atoms with Crippen LogP contribution in [0, 0.1) is 6.92 Å². The van der Waals surface area contributed by atoms with Gasteiger partial charge in [-0.3, -0.25) is 0 Å². The van der Waals surface area contributed by atoms with Crippen LogP contribution in [0.5, 0.6) is 11.5 Å². The van der Waals surface area contributed by atoms with Crippen molar-refractivity contribution in [2.75, 3.05) is 13.7 Å². The van der Waals surface area contributed by atoms with E-state index in [9.17, 15) is 5.11 Å². The average molecular weight is 307 g/mol. The first-order valence-corrected chi connectivity index (χ1v) is 7.68. The molecule has 0 aliphatic heterocycles. The van der Waals surface area contributed by atoms with Crippen molar-refractivity contribution in [2.45, 2.75) is 32.8 Å². The molecule has 0 fully saturated rings. The van der Waals surface area contributed by atoms with Crippen molar-refractivity contribution < 1.29 is 14.6 Å². The van der Waals surface area contributed by atoms with Gasteiger partial charge in [0.25, 0.3) is 0 Å². The zero-order valence-corrected chi connectivity index (χ0v) is 13.7. The molecule has 0 aliphatic rings. The summed E-state index contributed by atoms with van der Waals surface area (Å²) in [5, 5.41) is 11.0. The SMILES string of the molecule is COc1ccccc1OCCc1nc(C)c(C(C)(C)O)s1. The molecular weight excluding hydrogens is 286 g/mol. The number of aliphatic hydroxyl groups is 1. The molecule has 1 N–H and O–H groups in total. The van der Waals surface area contributed by atoms with E-state index in [0.29, 0.717) is 13.0 Å². The minimum Gasteiger partial charge on any atom is -0.493 e. The summed E-state index contributed by atoms with van der Waals surface area (Å²) in [6.07, 6.45) is 0.708. The number of rotatable bonds is 6. The first-order chi connectivity index (χ1) is 9.91. The highest BCUT2D eigenvalue weighted by atomic mass is 32.1. The standard InChI is InChI=1S/C16H21NO3S/c1-11-15(16(2,3)18)21-14(17-11)9-10-20-13-8-6-5-7-12(13)19-4/h5-8,18H,9-10H2,1-4H3. The molecule has 0 saturated heterocycles. The molecule has 1 heterocycles. The first kappa shape index (κ1) is 15.8. The van der Waals surface area contributed by atoms with Crippen molar-refractivity contribution >= 4 is 11.3 Å². The number of ether oxygens (including phenoxy) is 2. The maximum absolute atomic E-state index is 10.1. The summed E-state index contributed by atoms with van der Waals surface area (Å²) >= 11 is 1.54. The predicted octanol–water partition coefficient (Wildman–Crippen LogP) is 3.31. The van der Waals surface area contributed by atoms with Gasteiger partial charge in [-0.25, -0.2) is 4.98 Å². The summed E-state index contributed by atoms with van der Waals surface area (Å²) in [6.45, 7) is 6.01. The fraction of sp³-hybridized carbons (Fsp3) is 0.438. The van der Waals surface area contributed by atoms with Gasteiger partial charge in [0.15, 0.2) is 11.5 Å². The van der Waals surface area contributed by atoms with E-state index in [4.69, 9.17) is 9.47 Å². The minimum absolute atomic E-state index is 0.526. The summed E-state index contributed by atoms with van der Waals surface area (Å²) < 4.78 is 11.0. The van der Waals surface area contributed by atoms with E-state index in [-0.39, 0.29) is 0 Å². The van der Waals surface area contributed by atoms with Crippen LogP contribution in [0.3, 0.4) is 0 Å². The van der Waals surface area contributed by atoms with Crippen LogP contribution in [0.2, 0.25) is 0 Å². The Morgan fingerprint density at radius 3 is 2.48 bits per heavy atom. The number of benzene rings is 1. The summed E-state index contributed by atoms with van der Waals surface area (Å²) in [6, 6.07) is 7.58. The maximum Gasteiger partial charge on any atom is 0.161 e. The predicted molar refractivity (Wildman–Crippen MR) is 84.3 cm³/mol. The molecule has 114 valence electrons. The Morgan fingerprint density at radius 1 is 1.24 bits per heavy atom. The minimum atomic E-state index is -0.844. The van der Waals surface area contributed by atoms with Gasteiger partial charge in [0.2, 0.25) is 0 Å². The molecule has 1 aromatic carbocycles. The number of aromatic nitrogens is 1. The molecule has 21 heavy (non-hydrogen) atoms. The number of nitrogens with zero attached hydrogens (tertiary/aromatic N) is 1. The van der Waals surface area contributed by atoms with Gasteiger partial charge in [-0.05, 0) is 32.9 Å². The maximum atomic E-state index is 10.1. The highest BCUT2D eigenvalue weighted by Gasteiger charge is 2.22. The van der Waals surface area contributed by atoms with Gasteiger partial charge in [0.05, 0.1) is 34.9 Å². The monoisotopic (exact) mass is 307 g/mol. The second-order valence-electron chi connectivity index (χ2n) is 5.33.